The van der Waals surface area contributed by atoms with Crippen molar-refractivity contribution in [3.05, 3.63) is 113 Å². The fourth-order valence-corrected chi connectivity index (χ4v) is 9.84. The quantitative estimate of drug-likeness (QED) is 0.250. The van der Waals surface area contributed by atoms with Crippen LogP contribution < -0.4 is 4.74 Å². The number of allylic oxidation sites excluding steroid dienone is 4. The van der Waals surface area contributed by atoms with Crippen molar-refractivity contribution in [3.8, 4) is 11.5 Å². The lowest BCUT2D eigenvalue weighted by Gasteiger charge is -2.55. The molecule has 3 aromatic rings. The van der Waals surface area contributed by atoms with Crippen molar-refractivity contribution in [2.45, 2.75) is 62.3 Å². The number of phenols is 1. The number of methoxy groups -OCH3 is 1. The second-order valence-corrected chi connectivity index (χ2v) is 14.1. The van der Waals surface area contributed by atoms with E-state index in [1.807, 2.05) is 66.7 Å². The highest BCUT2D eigenvalue weighted by molar-refractivity contribution is 6.31. The summed E-state index contributed by atoms with van der Waals surface area (Å²) in [5.74, 6) is -3.38. The molecular formula is C41H39NO6. The van der Waals surface area contributed by atoms with Crippen molar-refractivity contribution >= 4 is 29.0 Å². The van der Waals surface area contributed by atoms with Crippen LogP contribution in [0.2, 0.25) is 0 Å². The number of hydrogen-bond donors (Lipinski definition) is 1. The molecule has 1 saturated heterocycles. The molecular weight excluding hydrogens is 602 g/mol. The Balaban J connectivity index is 1.35. The van der Waals surface area contributed by atoms with Crippen LogP contribution in [0, 0.1) is 23.7 Å². The van der Waals surface area contributed by atoms with Crippen LogP contribution in [0.15, 0.2) is 96.6 Å². The molecule has 6 atom stereocenters. The van der Waals surface area contributed by atoms with Gasteiger partial charge in [-0.25, -0.2) is 0 Å². The molecule has 3 fully saturated rings. The molecule has 0 spiro atoms. The topological polar surface area (TPSA) is 101 Å². The number of fused-ring (bicyclic) bond motifs is 4. The van der Waals surface area contributed by atoms with Gasteiger partial charge in [-0.15, -0.1) is 0 Å². The van der Waals surface area contributed by atoms with Gasteiger partial charge in [0.05, 0.1) is 24.4 Å². The van der Waals surface area contributed by atoms with Crippen LogP contribution in [0.1, 0.15) is 67.6 Å². The number of phenolic OH excluding ortho intramolecular Hbond substituents is 1. The average molecular weight is 642 g/mol. The summed E-state index contributed by atoms with van der Waals surface area (Å²) in [4.78, 5) is 60.1. The summed E-state index contributed by atoms with van der Waals surface area (Å²) in [6, 6.07) is 23.7. The number of benzene rings is 3. The number of ketones is 2. The number of Topliss-reactive ketones (excluding diaryl/α,β-unsaturated/α-hetero) is 1. The number of carbonyl (C=O) groups is 4. The minimum Gasteiger partial charge on any atom is -0.508 e. The van der Waals surface area contributed by atoms with Gasteiger partial charge in [-0.3, -0.25) is 24.1 Å². The molecule has 7 nitrogen and oxygen atoms in total. The third-order valence-corrected chi connectivity index (χ3v) is 11.9. The molecule has 7 heteroatoms. The summed E-state index contributed by atoms with van der Waals surface area (Å²) in [7, 11) is 1.52. The van der Waals surface area contributed by atoms with E-state index in [2.05, 4.69) is 0 Å². The van der Waals surface area contributed by atoms with E-state index in [1.54, 1.807) is 17.0 Å². The van der Waals surface area contributed by atoms with E-state index >= 15 is 4.79 Å². The molecule has 48 heavy (non-hydrogen) atoms. The summed E-state index contributed by atoms with van der Waals surface area (Å²) < 4.78 is 5.42. The molecule has 4 aliphatic carbocycles. The summed E-state index contributed by atoms with van der Waals surface area (Å²) in [5, 5.41) is 11.6. The van der Waals surface area contributed by atoms with E-state index in [4.69, 9.17) is 4.74 Å². The predicted molar refractivity (Wildman–Crippen MR) is 180 cm³/mol. The average Bonchev–Trinajstić information content (AvgIpc) is 3.39. The number of carbonyl (C=O) groups excluding carboxylic acids is 4. The summed E-state index contributed by atoms with van der Waals surface area (Å²) in [6.45, 7) is 0. The molecule has 8 rings (SSSR count). The van der Waals surface area contributed by atoms with Gasteiger partial charge in [-0.2, -0.15) is 0 Å². The van der Waals surface area contributed by atoms with E-state index in [0.717, 1.165) is 37.7 Å². The Morgan fingerprint density at radius 2 is 1.54 bits per heavy atom. The highest BCUT2D eigenvalue weighted by atomic mass is 16.5. The Hall–Kier alpha value is -4.78. The zero-order valence-electron chi connectivity index (χ0n) is 27.0. The predicted octanol–water partition coefficient (Wildman–Crippen LogP) is 6.56. The van der Waals surface area contributed by atoms with Gasteiger partial charge in [-0.05, 0) is 54.9 Å². The maximum absolute atomic E-state index is 15.1. The number of imide groups is 1. The second kappa shape index (κ2) is 11.7. The minimum absolute atomic E-state index is 0.0483. The highest BCUT2D eigenvalue weighted by Gasteiger charge is 2.66. The van der Waals surface area contributed by atoms with Crippen LogP contribution in [0.3, 0.4) is 0 Å². The monoisotopic (exact) mass is 641 g/mol. The van der Waals surface area contributed by atoms with Crippen LogP contribution in [-0.4, -0.2) is 46.5 Å². The van der Waals surface area contributed by atoms with Crippen molar-refractivity contribution in [2.24, 2.45) is 23.7 Å². The Labute approximate surface area is 280 Å². The third-order valence-electron chi connectivity index (χ3n) is 11.9. The molecule has 2 amide bonds. The van der Waals surface area contributed by atoms with Crippen molar-refractivity contribution in [2.75, 3.05) is 7.11 Å². The molecule has 0 unspecified atom stereocenters. The van der Waals surface area contributed by atoms with Gasteiger partial charge >= 0.3 is 0 Å². The number of rotatable bonds is 5. The van der Waals surface area contributed by atoms with Crippen molar-refractivity contribution in [1.82, 2.24) is 4.90 Å². The first kappa shape index (κ1) is 30.5. The molecule has 2 saturated carbocycles. The first-order valence-corrected chi connectivity index (χ1v) is 17.2. The molecule has 1 heterocycles. The van der Waals surface area contributed by atoms with E-state index in [0.29, 0.717) is 34.4 Å². The number of likely N-dealkylation sites (tertiary alicyclic amines) is 1. The fraction of sp³-hybridized carbons (Fsp3) is 0.366. The van der Waals surface area contributed by atoms with Gasteiger partial charge in [0.15, 0.2) is 11.6 Å². The van der Waals surface area contributed by atoms with E-state index < -0.39 is 35.0 Å². The van der Waals surface area contributed by atoms with Gasteiger partial charge in [0.2, 0.25) is 11.8 Å². The first-order chi connectivity index (χ1) is 23.4. The number of ether oxygens (including phenoxy) is 1. The SMILES string of the molecule is COc1ccc([C@H]2C3=CC[C@@H]4C(=O)N(C5CCCCC5)C(=O)[C@@H]4[C@@H]3C[C@H]3C(=O)C(c4ccccc4)=CC(=O)[C@@]23c2ccccc2)c(O)c1. The Morgan fingerprint density at radius 1 is 0.833 bits per heavy atom. The van der Waals surface area contributed by atoms with Gasteiger partial charge in [-0.1, -0.05) is 97.6 Å². The van der Waals surface area contributed by atoms with Crippen LogP contribution in [-0.2, 0) is 24.6 Å². The Morgan fingerprint density at radius 3 is 2.23 bits per heavy atom. The third kappa shape index (κ3) is 4.39. The van der Waals surface area contributed by atoms with E-state index in [9.17, 15) is 19.5 Å². The standard InChI is InChI=1S/C41H39NO6/c1-48-27-17-18-29(34(43)21-27)37-28-19-20-30-36(40(47)42(39(30)46)26-15-9-4-10-16-26)32(28)22-33-38(45)31(24-11-5-2-6-12-24)23-35(44)41(33,37)25-13-7-3-8-14-25/h2-3,5-8,11-14,17-19,21,23,26,30,32-33,36-37,43H,4,9-10,15-16,20,22H2,1H3/t30-,32+,33-,36-,37+,41-/m0/s1. The molecule has 3 aromatic carbocycles. The maximum Gasteiger partial charge on any atom is 0.233 e. The molecule has 0 bridgehead atoms. The van der Waals surface area contributed by atoms with Crippen molar-refractivity contribution < 1.29 is 29.0 Å². The van der Waals surface area contributed by atoms with Gasteiger partial charge in [0.25, 0.3) is 0 Å². The van der Waals surface area contributed by atoms with Crippen molar-refractivity contribution in [3.63, 3.8) is 0 Å². The highest BCUT2D eigenvalue weighted by Crippen LogP contribution is 2.64. The zero-order valence-corrected chi connectivity index (χ0v) is 27.0. The Bertz CT molecular complexity index is 1870. The van der Waals surface area contributed by atoms with E-state index in [-0.39, 0.29) is 41.6 Å². The Kier molecular flexibility index (Phi) is 7.46. The normalized spacial score (nSPS) is 30.3. The second-order valence-electron chi connectivity index (χ2n) is 14.1. The van der Waals surface area contributed by atoms with Crippen LogP contribution in [0.25, 0.3) is 5.57 Å². The summed E-state index contributed by atoms with van der Waals surface area (Å²) in [5.41, 5.74) is 1.68. The van der Waals surface area contributed by atoms with Gasteiger partial charge in [0, 0.05) is 35.1 Å². The molecule has 1 aliphatic heterocycles. The largest absolute Gasteiger partial charge is 0.508 e. The number of aromatic hydroxyl groups is 1. The smallest absolute Gasteiger partial charge is 0.233 e. The molecule has 244 valence electrons. The van der Waals surface area contributed by atoms with Crippen LogP contribution in [0.5, 0.6) is 11.5 Å². The minimum atomic E-state index is -1.38. The molecule has 0 aromatic heterocycles. The maximum atomic E-state index is 15.1. The summed E-state index contributed by atoms with van der Waals surface area (Å²) >= 11 is 0. The number of amides is 2. The number of nitrogens with zero attached hydrogens (tertiary/aromatic N) is 1. The molecule has 1 N–H and O–H groups in total. The lowest BCUT2D eigenvalue weighted by Crippen LogP contribution is -2.58. The van der Waals surface area contributed by atoms with Crippen LogP contribution >= 0.6 is 0 Å². The van der Waals surface area contributed by atoms with Gasteiger partial charge < -0.3 is 9.84 Å². The first-order valence-electron chi connectivity index (χ1n) is 17.2. The fourth-order valence-electron chi connectivity index (χ4n) is 9.84. The van der Waals surface area contributed by atoms with Gasteiger partial charge in [0.1, 0.15) is 11.5 Å². The molecule has 0 radical (unpaired) electrons. The van der Waals surface area contributed by atoms with Crippen molar-refractivity contribution in [1.29, 1.82) is 0 Å². The summed E-state index contributed by atoms with van der Waals surface area (Å²) in [6.07, 6.45) is 8.91. The zero-order chi connectivity index (χ0) is 33.2. The van der Waals surface area contributed by atoms with Crippen LogP contribution in [0.4, 0.5) is 0 Å². The van der Waals surface area contributed by atoms with E-state index in [1.165, 1.54) is 19.3 Å². The lowest BCUT2D eigenvalue weighted by molar-refractivity contribution is -0.144. The number of hydrogen-bond acceptors (Lipinski definition) is 6. The molecule has 5 aliphatic rings. The lowest BCUT2D eigenvalue weighted by atomic mass is 9.44.